The van der Waals surface area contributed by atoms with Crippen LogP contribution in [-0.4, -0.2) is 4.98 Å². The molecule has 0 bridgehead atoms. The van der Waals surface area contributed by atoms with Crippen LogP contribution >= 0.6 is 0 Å². The molecule has 2 heterocycles. The van der Waals surface area contributed by atoms with E-state index in [0.29, 0.717) is 13.2 Å². The van der Waals surface area contributed by atoms with Crippen molar-refractivity contribution in [1.29, 1.82) is 0 Å². The van der Waals surface area contributed by atoms with E-state index in [1.165, 1.54) is 17.7 Å². The summed E-state index contributed by atoms with van der Waals surface area (Å²) in [6.45, 7) is 1.24. The molecule has 0 aliphatic carbocycles. The van der Waals surface area contributed by atoms with Crippen LogP contribution < -0.4 is 0 Å². The number of ether oxygens (including phenoxy) is 1. The molecular formula is C13H10FNO. The number of hydrogen-bond donors (Lipinski definition) is 0. The molecule has 80 valence electrons. The predicted molar refractivity (Wildman–Crippen MR) is 58.1 cm³/mol. The minimum absolute atomic E-state index is 0.222. The molecule has 3 rings (SSSR count). The first-order chi connectivity index (χ1) is 7.84. The van der Waals surface area contributed by atoms with Crippen LogP contribution in [0.1, 0.15) is 11.1 Å². The maximum Gasteiger partial charge on any atom is 0.123 e. The van der Waals surface area contributed by atoms with Crippen LogP contribution in [0.25, 0.3) is 11.1 Å². The lowest BCUT2D eigenvalue weighted by Crippen LogP contribution is -1.90. The van der Waals surface area contributed by atoms with Crippen molar-refractivity contribution in [3.63, 3.8) is 0 Å². The van der Waals surface area contributed by atoms with Gasteiger partial charge in [-0.05, 0) is 23.3 Å². The summed E-state index contributed by atoms with van der Waals surface area (Å²) in [4.78, 5) is 4.18. The molecule has 1 aromatic carbocycles. The third kappa shape index (κ3) is 1.49. The Morgan fingerprint density at radius 2 is 1.88 bits per heavy atom. The number of rotatable bonds is 1. The van der Waals surface area contributed by atoms with Crippen LogP contribution in [0.5, 0.6) is 0 Å². The van der Waals surface area contributed by atoms with Crippen molar-refractivity contribution in [2.24, 2.45) is 0 Å². The Labute approximate surface area is 92.7 Å². The number of nitrogens with zero attached hydrogens (tertiary/aromatic N) is 1. The molecule has 3 heteroatoms. The molecular weight excluding hydrogens is 205 g/mol. The van der Waals surface area contributed by atoms with Gasteiger partial charge < -0.3 is 4.74 Å². The Morgan fingerprint density at radius 3 is 2.69 bits per heavy atom. The van der Waals surface area contributed by atoms with E-state index < -0.39 is 0 Å². The van der Waals surface area contributed by atoms with Gasteiger partial charge in [-0.3, -0.25) is 4.98 Å². The molecule has 0 atom stereocenters. The van der Waals surface area contributed by atoms with Gasteiger partial charge in [0.2, 0.25) is 0 Å². The number of benzene rings is 1. The van der Waals surface area contributed by atoms with Crippen molar-refractivity contribution in [3.05, 3.63) is 53.6 Å². The molecule has 0 amide bonds. The summed E-state index contributed by atoms with van der Waals surface area (Å²) in [5, 5.41) is 0. The Bertz CT molecular complexity index is 522. The maximum atomic E-state index is 12.8. The second-order valence-electron chi connectivity index (χ2n) is 3.82. The van der Waals surface area contributed by atoms with E-state index in [1.54, 1.807) is 18.3 Å². The van der Waals surface area contributed by atoms with E-state index in [9.17, 15) is 4.39 Å². The summed E-state index contributed by atoms with van der Waals surface area (Å²) in [6, 6.07) is 6.46. The number of hydrogen-bond acceptors (Lipinski definition) is 2. The van der Waals surface area contributed by atoms with Gasteiger partial charge in [0.1, 0.15) is 5.82 Å². The number of pyridine rings is 1. The van der Waals surface area contributed by atoms with Crippen LogP contribution in [0, 0.1) is 5.82 Å². The van der Waals surface area contributed by atoms with Crippen molar-refractivity contribution in [3.8, 4) is 11.1 Å². The highest BCUT2D eigenvalue weighted by Crippen LogP contribution is 2.30. The second kappa shape index (κ2) is 3.68. The molecule has 0 fully saturated rings. The van der Waals surface area contributed by atoms with Crippen LogP contribution in [0.15, 0.2) is 36.7 Å². The highest BCUT2D eigenvalue weighted by Gasteiger charge is 2.16. The average Bonchev–Trinajstić information content (AvgIpc) is 2.78. The molecule has 0 spiro atoms. The molecule has 0 radical (unpaired) electrons. The van der Waals surface area contributed by atoms with E-state index in [-0.39, 0.29) is 5.82 Å². The Hall–Kier alpha value is -1.74. The van der Waals surface area contributed by atoms with Gasteiger partial charge in [-0.25, -0.2) is 4.39 Å². The fourth-order valence-electron chi connectivity index (χ4n) is 1.97. The van der Waals surface area contributed by atoms with E-state index in [2.05, 4.69) is 4.98 Å². The van der Waals surface area contributed by atoms with Gasteiger partial charge >= 0.3 is 0 Å². The summed E-state index contributed by atoms with van der Waals surface area (Å²) in [5.74, 6) is -0.222. The van der Waals surface area contributed by atoms with Crippen molar-refractivity contribution in [2.45, 2.75) is 13.2 Å². The van der Waals surface area contributed by atoms with Crippen molar-refractivity contribution in [2.75, 3.05) is 0 Å². The SMILES string of the molecule is Fc1ccc(-c2cncc3c2COC3)cc1. The maximum absolute atomic E-state index is 12.8. The smallest absolute Gasteiger partial charge is 0.123 e. The van der Waals surface area contributed by atoms with E-state index in [4.69, 9.17) is 4.74 Å². The lowest BCUT2D eigenvalue weighted by Gasteiger charge is -2.06. The summed E-state index contributed by atoms with van der Waals surface area (Å²) >= 11 is 0. The zero-order chi connectivity index (χ0) is 11.0. The summed E-state index contributed by atoms with van der Waals surface area (Å²) < 4.78 is 18.2. The Kier molecular flexibility index (Phi) is 2.18. The van der Waals surface area contributed by atoms with Crippen LogP contribution in [0.2, 0.25) is 0 Å². The minimum Gasteiger partial charge on any atom is -0.372 e. The third-order valence-electron chi connectivity index (χ3n) is 2.81. The van der Waals surface area contributed by atoms with Gasteiger partial charge in [-0.15, -0.1) is 0 Å². The highest BCUT2D eigenvalue weighted by atomic mass is 19.1. The van der Waals surface area contributed by atoms with Crippen LogP contribution in [0.3, 0.4) is 0 Å². The van der Waals surface area contributed by atoms with Crippen molar-refractivity contribution < 1.29 is 9.13 Å². The molecule has 2 aromatic rings. The first-order valence-electron chi connectivity index (χ1n) is 5.14. The van der Waals surface area contributed by atoms with Crippen LogP contribution in [0.4, 0.5) is 4.39 Å². The van der Waals surface area contributed by atoms with Crippen molar-refractivity contribution >= 4 is 0 Å². The quantitative estimate of drug-likeness (QED) is 0.729. The van der Waals surface area contributed by atoms with E-state index in [1.807, 2.05) is 6.20 Å². The zero-order valence-corrected chi connectivity index (χ0v) is 8.61. The van der Waals surface area contributed by atoms with E-state index >= 15 is 0 Å². The topological polar surface area (TPSA) is 22.1 Å². The summed E-state index contributed by atoms with van der Waals surface area (Å²) in [5.41, 5.74) is 4.31. The van der Waals surface area contributed by atoms with Crippen molar-refractivity contribution in [1.82, 2.24) is 4.98 Å². The monoisotopic (exact) mass is 215 g/mol. The molecule has 1 aliphatic heterocycles. The first kappa shape index (κ1) is 9.48. The normalized spacial score (nSPS) is 13.8. The molecule has 0 saturated heterocycles. The Balaban J connectivity index is 2.13. The zero-order valence-electron chi connectivity index (χ0n) is 8.61. The summed E-state index contributed by atoms with van der Waals surface area (Å²) in [7, 11) is 0. The van der Waals surface area contributed by atoms with Gasteiger partial charge in [0.25, 0.3) is 0 Å². The molecule has 16 heavy (non-hydrogen) atoms. The lowest BCUT2D eigenvalue weighted by molar-refractivity contribution is 0.134. The molecule has 0 saturated carbocycles. The van der Waals surface area contributed by atoms with Gasteiger partial charge in [0, 0.05) is 23.5 Å². The van der Waals surface area contributed by atoms with Gasteiger partial charge in [-0.1, -0.05) is 12.1 Å². The largest absolute Gasteiger partial charge is 0.372 e. The number of fused-ring (bicyclic) bond motifs is 1. The second-order valence-corrected chi connectivity index (χ2v) is 3.82. The fraction of sp³-hybridized carbons (Fsp3) is 0.154. The summed E-state index contributed by atoms with van der Waals surface area (Å²) in [6.07, 6.45) is 3.64. The first-order valence-corrected chi connectivity index (χ1v) is 5.14. The number of halogens is 1. The molecule has 1 aromatic heterocycles. The minimum atomic E-state index is -0.222. The standard InChI is InChI=1S/C13H10FNO/c14-11-3-1-9(2-4-11)12-6-15-5-10-7-16-8-13(10)12/h1-6H,7-8H2. The van der Waals surface area contributed by atoms with E-state index in [0.717, 1.165) is 16.7 Å². The Morgan fingerprint density at radius 1 is 1.06 bits per heavy atom. The molecule has 2 nitrogen and oxygen atoms in total. The lowest BCUT2D eigenvalue weighted by atomic mass is 10.0. The average molecular weight is 215 g/mol. The van der Waals surface area contributed by atoms with Gasteiger partial charge in [0.15, 0.2) is 0 Å². The molecule has 0 unspecified atom stereocenters. The van der Waals surface area contributed by atoms with Gasteiger partial charge in [0.05, 0.1) is 13.2 Å². The fourth-order valence-corrected chi connectivity index (χ4v) is 1.97. The van der Waals surface area contributed by atoms with Crippen LogP contribution in [-0.2, 0) is 18.0 Å². The predicted octanol–water partition coefficient (Wildman–Crippen LogP) is 2.92. The highest BCUT2D eigenvalue weighted by molar-refractivity contribution is 5.67. The third-order valence-corrected chi connectivity index (χ3v) is 2.81. The number of aromatic nitrogens is 1. The molecule has 0 N–H and O–H groups in total. The molecule has 1 aliphatic rings. The van der Waals surface area contributed by atoms with Gasteiger partial charge in [-0.2, -0.15) is 0 Å².